The maximum absolute atomic E-state index is 12.7. The van der Waals surface area contributed by atoms with Gasteiger partial charge in [0.25, 0.3) is 0 Å². The molecule has 3 aromatic carbocycles. The first-order valence-corrected chi connectivity index (χ1v) is 8.92. The first-order valence-electron chi connectivity index (χ1n) is 8.92. The Labute approximate surface area is 151 Å². The third-order valence-electron chi connectivity index (χ3n) is 4.27. The van der Waals surface area contributed by atoms with Crippen molar-refractivity contribution in [3.8, 4) is 0 Å². The number of hydrogen-bond acceptors (Lipinski definition) is 0. The van der Waals surface area contributed by atoms with Gasteiger partial charge in [-0.3, -0.25) is 0 Å². The Morgan fingerprint density at radius 3 is 1.32 bits per heavy atom. The fourth-order valence-corrected chi connectivity index (χ4v) is 2.52. The highest BCUT2D eigenvalue weighted by Crippen LogP contribution is 2.09. The van der Waals surface area contributed by atoms with Crippen molar-refractivity contribution in [2.75, 3.05) is 0 Å². The SMILES string of the molecule is CCc1ccc(C)cc1.Cc1ccc(CCc2ccc(F)cc2)cc1. The Morgan fingerprint density at radius 2 is 0.920 bits per heavy atom. The van der Waals surface area contributed by atoms with Gasteiger partial charge in [0.2, 0.25) is 0 Å². The van der Waals surface area contributed by atoms with Gasteiger partial charge in [-0.25, -0.2) is 4.39 Å². The maximum atomic E-state index is 12.7. The molecule has 1 heteroatoms. The number of halogens is 1. The van der Waals surface area contributed by atoms with E-state index >= 15 is 0 Å². The van der Waals surface area contributed by atoms with Crippen molar-refractivity contribution in [3.63, 3.8) is 0 Å². The third-order valence-corrected chi connectivity index (χ3v) is 4.27. The van der Waals surface area contributed by atoms with Crippen LogP contribution in [0.5, 0.6) is 0 Å². The van der Waals surface area contributed by atoms with E-state index in [1.54, 1.807) is 0 Å². The number of hydrogen-bond donors (Lipinski definition) is 0. The molecule has 0 aliphatic rings. The Hall–Kier alpha value is -2.41. The molecule has 3 aromatic rings. The molecule has 3 rings (SSSR count). The molecule has 0 nitrogen and oxygen atoms in total. The maximum Gasteiger partial charge on any atom is 0.123 e. The van der Waals surface area contributed by atoms with Crippen molar-refractivity contribution in [1.29, 1.82) is 0 Å². The molecule has 0 amide bonds. The van der Waals surface area contributed by atoms with Crippen LogP contribution in [-0.4, -0.2) is 0 Å². The highest BCUT2D eigenvalue weighted by atomic mass is 19.1. The van der Waals surface area contributed by atoms with E-state index in [9.17, 15) is 4.39 Å². The summed E-state index contributed by atoms with van der Waals surface area (Å²) in [6.45, 7) is 6.37. The minimum absolute atomic E-state index is 0.168. The second kappa shape index (κ2) is 9.78. The van der Waals surface area contributed by atoms with E-state index in [0.717, 1.165) is 19.3 Å². The van der Waals surface area contributed by atoms with E-state index in [4.69, 9.17) is 0 Å². The summed E-state index contributed by atoms with van der Waals surface area (Å²) in [4.78, 5) is 0. The first-order chi connectivity index (χ1) is 12.1. The Balaban J connectivity index is 0.000000212. The Morgan fingerprint density at radius 1 is 0.560 bits per heavy atom. The topological polar surface area (TPSA) is 0 Å². The van der Waals surface area contributed by atoms with Crippen LogP contribution in [-0.2, 0) is 19.3 Å². The van der Waals surface area contributed by atoms with E-state index < -0.39 is 0 Å². The molecule has 0 fully saturated rings. The molecule has 0 aliphatic heterocycles. The van der Waals surface area contributed by atoms with Gasteiger partial charge >= 0.3 is 0 Å². The Bertz CT molecular complexity index is 692. The van der Waals surface area contributed by atoms with Crippen LogP contribution in [0, 0.1) is 19.7 Å². The van der Waals surface area contributed by atoms with E-state index in [1.807, 2.05) is 12.1 Å². The van der Waals surface area contributed by atoms with Crippen molar-refractivity contribution >= 4 is 0 Å². The number of benzene rings is 3. The van der Waals surface area contributed by atoms with Crippen LogP contribution in [0.1, 0.15) is 34.7 Å². The minimum Gasteiger partial charge on any atom is -0.207 e. The summed E-state index contributed by atoms with van der Waals surface area (Å²) in [6.07, 6.45) is 3.11. The van der Waals surface area contributed by atoms with Gasteiger partial charge in [0.05, 0.1) is 0 Å². The molecule has 25 heavy (non-hydrogen) atoms. The standard InChI is InChI=1S/C15H15F.C9H12/c1-12-2-4-13(5-3-12)6-7-14-8-10-15(16)11-9-14;1-3-9-6-4-8(2)5-7-9/h2-5,8-11H,6-7H2,1H3;4-7H,3H2,1-2H3. The van der Waals surface area contributed by atoms with Gasteiger partial charge in [-0.1, -0.05) is 78.7 Å². The summed E-state index contributed by atoms with van der Waals surface area (Å²) in [6, 6.07) is 23.9. The zero-order chi connectivity index (χ0) is 18.1. The zero-order valence-electron chi connectivity index (χ0n) is 15.4. The van der Waals surface area contributed by atoms with Crippen LogP contribution in [0.4, 0.5) is 4.39 Å². The highest BCUT2D eigenvalue weighted by molar-refractivity contribution is 5.24. The predicted molar refractivity (Wildman–Crippen MR) is 106 cm³/mol. The molecule has 0 saturated carbocycles. The van der Waals surface area contributed by atoms with Crippen LogP contribution < -0.4 is 0 Å². The summed E-state index contributed by atoms with van der Waals surface area (Å²) in [5, 5.41) is 0. The highest BCUT2D eigenvalue weighted by Gasteiger charge is 1.96. The number of rotatable bonds is 4. The summed E-state index contributed by atoms with van der Waals surface area (Å²) in [5.74, 6) is -0.168. The van der Waals surface area contributed by atoms with Crippen LogP contribution in [0.15, 0.2) is 72.8 Å². The average Bonchev–Trinajstić information content (AvgIpc) is 2.64. The van der Waals surface area contributed by atoms with Crippen molar-refractivity contribution in [2.45, 2.75) is 40.0 Å². The van der Waals surface area contributed by atoms with Gasteiger partial charge in [-0.05, 0) is 61.9 Å². The predicted octanol–water partition coefficient (Wildman–Crippen LogP) is 6.48. The smallest absolute Gasteiger partial charge is 0.123 e. The van der Waals surface area contributed by atoms with Gasteiger partial charge in [0.1, 0.15) is 5.82 Å². The molecule has 0 aromatic heterocycles. The molecular weight excluding hydrogens is 307 g/mol. The fourth-order valence-electron chi connectivity index (χ4n) is 2.52. The van der Waals surface area contributed by atoms with Crippen molar-refractivity contribution in [2.24, 2.45) is 0 Å². The van der Waals surface area contributed by atoms with Crippen molar-refractivity contribution < 1.29 is 4.39 Å². The van der Waals surface area contributed by atoms with Crippen molar-refractivity contribution in [1.82, 2.24) is 0 Å². The summed E-state index contributed by atoms with van der Waals surface area (Å²) < 4.78 is 12.7. The number of aryl methyl sites for hydroxylation is 5. The zero-order valence-corrected chi connectivity index (χ0v) is 15.4. The molecule has 0 N–H and O–H groups in total. The third kappa shape index (κ3) is 6.93. The lowest BCUT2D eigenvalue weighted by Gasteiger charge is -2.02. The van der Waals surface area contributed by atoms with E-state index in [1.165, 1.54) is 39.9 Å². The largest absolute Gasteiger partial charge is 0.207 e. The second-order valence-corrected chi connectivity index (χ2v) is 6.45. The van der Waals surface area contributed by atoms with E-state index in [-0.39, 0.29) is 5.82 Å². The monoisotopic (exact) mass is 334 g/mol. The van der Waals surface area contributed by atoms with Crippen LogP contribution in [0.25, 0.3) is 0 Å². The molecule has 0 spiro atoms. The summed E-state index contributed by atoms with van der Waals surface area (Å²) in [7, 11) is 0. The molecule has 0 unspecified atom stereocenters. The van der Waals surface area contributed by atoms with Crippen LogP contribution in [0.3, 0.4) is 0 Å². The molecular formula is C24H27F. The first kappa shape index (κ1) is 18.9. The molecule has 0 heterocycles. The molecule has 0 radical (unpaired) electrons. The minimum atomic E-state index is -0.168. The quantitative estimate of drug-likeness (QED) is 0.512. The molecule has 130 valence electrons. The van der Waals surface area contributed by atoms with Crippen LogP contribution in [0.2, 0.25) is 0 Å². The van der Waals surface area contributed by atoms with Gasteiger partial charge in [-0.2, -0.15) is 0 Å². The average molecular weight is 334 g/mol. The second-order valence-electron chi connectivity index (χ2n) is 6.45. The van der Waals surface area contributed by atoms with E-state index in [2.05, 4.69) is 69.3 Å². The van der Waals surface area contributed by atoms with Crippen LogP contribution >= 0.6 is 0 Å². The van der Waals surface area contributed by atoms with Crippen molar-refractivity contribution in [3.05, 3.63) is 106 Å². The van der Waals surface area contributed by atoms with Gasteiger partial charge in [0, 0.05) is 0 Å². The summed E-state index contributed by atoms with van der Waals surface area (Å²) >= 11 is 0. The lowest BCUT2D eigenvalue weighted by Crippen LogP contribution is -1.91. The fraction of sp³-hybridized carbons (Fsp3) is 0.250. The van der Waals surface area contributed by atoms with Gasteiger partial charge < -0.3 is 0 Å². The summed E-state index contributed by atoms with van der Waals surface area (Å²) in [5.41, 5.74) is 6.55. The molecule has 0 atom stereocenters. The van der Waals surface area contributed by atoms with E-state index in [0.29, 0.717) is 0 Å². The lowest BCUT2D eigenvalue weighted by atomic mass is 10.0. The Kier molecular flexibility index (Phi) is 7.40. The van der Waals surface area contributed by atoms with Gasteiger partial charge in [-0.15, -0.1) is 0 Å². The molecule has 0 aliphatic carbocycles. The molecule has 0 saturated heterocycles. The molecule has 0 bridgehead atoms. The lowest BCUT2D eigenvalue weighted by molar-refractivity contribution is 0.627. The van der Waals surface area contributed by atoms with Gasteiger partial charge in [0.15, 0.2) is 0 Å². The normalized spacial score (nSPS) is 10.1.